The number of imidazole rings is 1. The molecule has 2 aromatic carbocycles. The number of hydrogen-bond donors (Lipinski definition) is 1. The first-order valence-corrected chi connectivity index (χ1v) is 14.3. The summed E-state index contributed by atoms with van der Waals surface area (Å²) in [6.45, 7) is 3.04. The van der Waals surface area contributed by atoms with E-state index in [1.54, 1.807) is 12.5 Å². The summed E-state index contributed by atoms with van der Waals surface area (Å²) in [4.78, 5) is 49.1. The van der Waals surface area contributed by atoms with Crippen molar-refractivity contribution >= 4 is 27.5 Å². The Balaban J connectivity index is 1.48. The van der Waals surface area contributed by atoms with Gasteiger partial charge in [-0.2, -0.15) is 0 Å². The van der Waals surface area contributed by atoms with Crippen LogP contribution in [0.25, 0.3) is 27.4 Å². The molecule has 0 aliphatic heterocycles. The van der Waals surface area contributed by atoms with E-state index in [1.165, 1.54) is 35.3 Å². The van der Waals surface area contributed by atoms with Gasteiger partial charge in [-0.1, -0.05) is 37.3 Å². The summed E-state index contributed by atoms with van der Waals surface area (Å²) >= 11 is 1.28. The number of benzene rings is 2. The quantitative estimate of drug-likeness (QED) is 0.235. The van der Waals surface area contributed by atoms with Crippen molar-refractivity contribution in [3.63, 3.8) is 0 Å². The van der Waals surface area contributed by atoms with E-state index in [0.29, 0.717) is 16.1 Å². The summed E-state index contributed by atoms with van der Waals surface area (Å²) in [5.74, 6) is -1.26. The van der Waals surface area contributed by atoms with Gasteiger partial charge in [0, 0.05) is 29.5 Å². The molecule has 4 heterocycles. The third-order valence-electron chi connectivity index (χ3n) is 7.19. The highest BCUT2D eigenvalue weighted by Gasteiger charge is 2.27. The maximum atomic E-state index is 14.0. The summed E-state index contributed by atoms with van der Waals surface area (Å²) < 4.78 is 16.4. The number of fused-ring (bicyclic) bond motifs is 1. The molecule has 0 fully saturated rings. The fraction of sp³-hybridized carbons (Fsp3) is 0.194. The zero-order chi connectivity index (χ0) is 30.1. The number of ether oxygens (including phenoxy) is 1. The first kappa shape index (κ1) is 27.9. The van der Waals surface area contributed by atoms with Crippen LogP contribution < -0.4 is 16.0 Å². The maximum absolute atomic E-state index is 14.0. The van der Waals surface area contributed by atoms with Crippen LogP contribution in [0.4, 0.5) is 0 Å². The molecule has 11 nitrogen and oxygen atoms in total. The van der Waals surface area contributed by atoms with E-state index in [9.17, 15) is 19.5 Å². The Morgan fingerprint density at radius 2 is 1.81 bits per heavy atom. The highest BCUT2D eigenvalue weighted by molar-refractivity contribution is 7.19. The minimum atomic E-state index is -1.11. The van der Waals surface area contributed by atoms with Crippen molar-refractivity contribution in [1.29, 1.82) is 0 Å². The predicted octanol–water partition coefficient (Wildman–Crippen LogP) is 4.91. The van der Waals surface area contributed by atoms with E-state index in [0.717, 1.165) is 20.7 Å². The zero-order valence-electron chi connectivity index (χ0n) is 23.3. The van der Waals surface area contributed by atoms with Gasteiger partial charge >= 0.3 is 11.7 Å². The zero-order valence-corrected chi connectivity index (χ0v) is 24.1. The molecule has 0 saturated heterocycles. The Labute approximate surface area is 248 Å². The van der Waals surface area contributed by atoms with Crippen molar-refractivity contribution in [2.75, 3.05) is 0 Å². The molecule has 218 valence electrons. The summed E-state index contributed by atoms with van der Waals surface area (Å²) in [5.41, 5.74) is 0.999. The molecule has 6 rings (SSSR count). The number of carboxylic acid groups (broad SMARTS) is 1. The van der Waals surface area contributed by atoms with Crippen molar-refractivity contribution in [3.05, 3.63) is 117 Å². The Morgan fingerprint density at radius 1 is 1.05 bits per heavy atom. The molecular formula is C31H27N5O6S. The van der Waals surface area contributed by atoms with Crippen LogP contribution in [0.1, 0.15) is 23.5 Å². The van der Waals surface area contributed by atoms with Crippen molar-refractivity contribution in [2.45, 2.75) is 33.0 Å². The SMILES string of the molecule is Cc1sc2c(c1-c1ncco1)c(=O)n(CC(C)C(=O)O)c(=O)n2C[C@@H](Oc1ccc(-n2ccnc2)cc1)c1ccccc1. The molecule has 1 unspecified atom stereocenters. The molecule has 43 heavy (non-hydrogen) atoms. The Hall–Kier alpha value is -5.23. The molecule has 6 aromatic rings. The molecule has 0 aliphatic carbocycles. The monoisotopic (exact) mass is 597 g/mol. The van der Waals surface area contributed by atoms with Gasteiger partial charge in [0.25, 0.3) is 5.56 Å². The van der Waals surface area contributed by atoms with Crippen molar-refractivity contribution < 1.29 is 19.1 Å². The van der Waals surface area contributed by atoms with Crippen LogP contribution in [0.2, 0.25) is 0 Å². The van der Waals surface area contributed by atoms with E-state index >= 15 is 0 Å². The minimum absolute atomic E-state index is 0.0509. The van der Waals surface area contributed by atoms with E-state index in [2.05, 4.69) is 9.97 Å². The normalized spacial score (nSPS) is 12.8. The lowest BCUT2D eigenvalue weighted by atomic mass is 10.1. The molecule has 4 aromatic heterocycles. The first-order valence-electron chi connectivity index (χ1n) is 13.5. The number of rotatable bonds is 10. The lowest BCUT2D eigenvalue weighted by Crippen LogP contribution is -2.42. The summed E-state index contributed by atoms with van der Waals surface area (Å²) in [7, 11) is 0. The van der Waals surface area contributed by atoms with E-state index in [4.69, 9.17) is 9.15 Å². The second-order valence-electron chi connectivity index (χ2n) is 10.1. The van der Waals surface area contributed by atoms with Gasteiger partial charge < -0.3 is 18.8 Å². The van der Waals surface area contributed by atoms with Crippen LogP contribution >= 0.6 is 11.3 Å². The van der Waals surface area contributed by atoms with E-state index in [1.807, 2.05) is 72.3 Å². The standard InChI is InChI=1S/C31H27N5O6S/c1-19(30(38)39)16-35-28(37)26-25(27-33-13-15-41-27)20(2)43-29(26)36(31(35)40)17-24(21-6-4-3-5-7-21)42-23-10-8-22(9-11-23)34-14-12-32-18-34/h3-15,18-19,24H,16-17H2,1-2H3,(H,38,39)/t19?,24-/m1/s1. The molecule has 0 bridgehead atoms. The summed E-state index contributed by atoms with van der Waals surface area (Å²) in [5, 5.41) is 9.83. The van der Waals surface area contributed by atoms with Gasteiger partial charge in [-0.15, -0.1) is 11.3 Å². The number of carbonyl (C=O) groups is 1. The fourth-order valence-electron chi connectivity index (χ4n) is 4.97. The van der Waals surface area contributed by atoms with Crippen LogP contribution in [0, 0.1) is 12.8 Å². The molecule has 2 atom stereocenters. The molecule has 1 N–H and O–H groups in total. The Kier molecular flexibility index (Phi) is 7.51. The number of hydrogen-bond acceptors (Lipinski definition) is 8. The van der Waals surface area contributed by atoms with E-state index in [-0.39, 0.29) is 24.4 Å². The number of aliphatic carboxylic acids is 1. The number of oxazole rings is 1. The number of thiophene rings is 1. The number of nitrogens with zero attached hydrogens (tertiary/aromatic N) is 5. The lowest BCUT2D eigenvalue weighted by Gasteiger charge is -2.22. The summed E-state index contributed by atoms with van der Waals surface area (Å²) in [6.07, 6.45) is 7.51. The predicted molar refractivity (Wildman–Crippen MR) is 161 cm³/mol. The van der Waals surface area contributed by atoms with Gasteiger partial charge in [-0.3, -0.25) is 18.7 Å². The average molecular weight is 598 g/mol. The number of aromatic nitrogens is 5. The summed E-state index contributed by atoms with van der Waals surface area (Å²) in [6, 6.07) is 17.0. The van der Waals surface area contributed by atoms with Crippen molar-refractivity contribution in [1.82, 2.24) is 23.7 Å². The Bertz CT molecular complexity index is 1990. The van der Waals surface area contributed by atoms with E-state index < -0.39 is 29.2 Å². The topological polar surface area (TPSA) is 134 Å². The van der Waals surface area contributed by atoms with Crippen LogP contribution in [-0.4, -0.2) is 34.7 Å². The Morgan fingerprint density at radius 3 is 2.47 bits per heavy atom. The van der Waals surface area contributed by atoms with Gasteiger partial charge in [0.2, 0.25) is 5.89 Å². The van der Waals surface area contributed by atoms with Gasteiger partial charge in [0.15, 0.2) is 0 Å². The molecule has 0 saturated carbocycles. The van der Waals surface area contributed by atoms with Crippen LogP contribution in [0.5, 0.6) is 5.75 Å². The number of carboxylic acids is 1. The van der Waals surface area contributed by atoms with Crippen molar-refractivity contribution in [3.8, 4) is 22.9 Å². The minimum Gasteiger partial charge on any atom is -0.484 e. The third-order valence-corrected chi connectivity index (χ3v) is 8.32. The molecular weight excluding hydrogens is 570 g/mol. The third kappa shape index (κ3) is 5.40. The highest BCUT2D eigenvalue weighted by atomic mass is 32.1. The van der Waals surface area contributed by atoms with Gasteiger partial charge in [-0.25, -0.2) is 14.8 Å². The fourth-order valence-corrected chi connectivity index (χ4v) is 6.10. The second-order valence-corrected chi connectivity index (χ2v) is 11.3. The van der Waals surface area contributed by atoms with Crippen LogP contribution in [-0.2, 0) is 17.9 Å². The molecule has 0 amide bonds. The van der Waals surface area contributed by atoms with Gasteiger partial charge in [0.05, 0.1) is 35.9 Å². The first-order chi connectivity index (χ1) is 20.8. The molecule has 0 radical (unpaired) electrons. The van der Waals surface area contributed by atoms with Crippen LogP contribution in [0.3, 0.4) is 0 Å². The molecule has 12 heteroatoms. The molecule has 0 spiro atoms. The smallest absolute Gasteiger partial charge is 0.332 e. The van der Waals surface area contributed by atoms with Gasteiger partial charge in [0.1, 0.15) is 22.9 Å². The highest BCUT2D eigenvalue weighted by Crippen LogP contribution is 2.36. The largest absolute Gasteiger partial charge is 0.484 e. The maximum Gasteiger partial charge on any atom is 0.332 e. The lowest BCUT2D eigenvalue weighted by molar-refractivity contribution is -0.141. The molecule has 0 aliphatic rings. The number of aryl methyl sites for hydroxylation is 1. The van der Waals surface area contributed by atoms with Gasteiger partial charge in [-0.05, 0) is 36.8 Å². The average Bonchev–Trinajstić information content (AvgIpc) is 3.79. The van der Waals surface area contributed by atoms with Crippen LogP contribution in [0.15, 0.2) is 99.8 Å². The second kappa shape index (κ2) is 11.6. The van der Waals surface area contributed by atoms with Crippen molar-refractivity contribution in [2.24, 2.45) is 5.92 Å².